The van der Waals surface area contributed by atoms with Crippen molar-refractivity contribution in [2.75, 3.05) is 14.2 Å². The average Bonchev–Trinajstić information content (AvgIpc) is 3.29. The molecule has 3 aromatic carbocycles. The maximum Gasteiger partial charge on any atom is 0.357 e. The van der Waals surface area contributed by atoms with E-state index in [2.05, 4.69) is 5.10 Å². The van der Waals surface area contributed by atoms with Crippen LogP contribution in [0.3, 0.4) is 0 Å². The molecule has 0 N–H and O–H groups in total. The van der Waals surface area contributed by atoms with Gasteiger partial charge in [-0.3, -0.25) is 0 Å². The normalized spacial score (nSPS) is 10.6. The fraction of sp³-hybridized carbons (Fsp3) is 0.148. The molecule has 0 aliphatic carbocycles. The number of esters is 2. The predicted molar refractivity (Wildman–Crippen MR) is 132 cm³/mol. The van der Waals surface area contributed by atoms with Crippen LogP contribution in [-0.2, 0) is 16.1 Å². The van der Waals surface area contributed by atoms with Crippen LogP contribution in [0.2, 0.25) is 5.02 Å². The van der Waals surface area contributed by atoms with Gasteiger partial charge in [0, 0.05) is 10.6 Å². The van der Waals surface area contributed by atoms with Gasteiger partial charge in [0.2, 0.25) is 0 Å². The van der Waals surface area contributed by atoms with E-state index < -0.39 is 11.9 Å². The third-order valence-corrected chi connectivity index (χ3v) is 5.73. The number of carbonyl (C=O) groups is 2. The fourth-order valence-electron chi connectivity index (χ4n) is 3.68. The topological polar surface area (TPSA) is 79.7 Å². The average molecular weight is 491 g/mol. The lowest BCUT2D eigenvalue weighted by molar-refractivity contribution is 0.0549. The lowest BCUT2D eigenvalue weighted by Crippen LogP contribution is -2.15. The smallest absolute Gasteiger partial charge is 0.357 e. The minimum absolute atomic E-state index is 0.0498. The zero-order valence-electron chi connectivity index (χ0n) is 19.4. The number of benzene rings is 3. The first-order chi connectivity index (χ1) is 16.9. The fourth-order valence-corrected chi connectivity index (χ4v) is 3.86. The Hall–Kier alpha value is -4.10. The van der Waals surface area contributed by atoms with Crippen molar-refractivity contribution in [3.8, 4) is 22.7 Å². The zero-order chi connectivity index (χ0) is 24.9. The first-order valence-electron chi connectivity index (χ1n) is 10.8. The van der Waals surface area contributed by atoms with E-state index in [1.165, 1.54) is 18.9 Å². The highest BCUT2D eigenvalue weighted by Gasteiger charge is 2.32. The van der Waals surface area contributed by atoms with Crippen LogP contribution in [0.15, 0.2) is 72.8 Å². The van der Waals surface area contributed by atoms with Gasteiger partial charge in [0.15, 0.2) is 5.69 Å². The van der Waals surface area contributed by atoms with Crippen molar-refractivity contribution in [3.05, 3.63) is 100 Å². The molecular formula is C27H23ClN2O5. The van der Waals surface area contributed by atoms with Crippen LogP contribution in [0.1, 0.15) is 32.0 Å². The number of carbonyl (C=O) groups excluding carboxylic acids is 2. The Balaban J connectivity index is 1.92. The van der Waals surface area contributed by atoms with Crippen molar-refractivity contribution >= 4 is 23.5 Å². The first-order valence-corrected chi connectivity index (χ1v) is 11.1. The molecule has 1 aromatic heterocycles. The van der Waals surface area contributed by atoms with Crippen molar-refractivity contribution in [2.45, 2.75) is 13.5 Å². The monoisotopic (exact) mass is 490 g/mol. The van der Waals surface area contributed by atoms with Gasteiger partial charge in [-0.2, -0.15) is 5.10 Å². The summed E-state index contributed by atoms with van der Waals surface area (Å²) in [5.41, 5.74) is 3.16. The van der Waals surface area contributed by atoms with E-state index in [0.29, 0.717) is 22.0 Å². The highest BCUT2D eigenvalue weighted by atomic mass is 35.5. The number of aromatic nitrogens is 2. The van der Waals surface area contributed by atoms with Gasteiger partial charge in [-0.15, -0.1) is 0 Å². The SMILES string of the molecule is COC(=O)c1c(-c2cc(Cl)ccc2OCc2ccccc2C)nn(-c2ccccc2)c1C(=O)OC. The number of halogens is 1. The van der Waals surface area contributed by atoms with Gasteiger partial charge in [-0.1, -0.05) is 54.1 Å². The standard InChI is InChI=1S/C27H23ClN2O5/c1-17-9-7-8-10-18(17)16-35-22-14-13-19(28)15-21(22)24-23(26(31)33-2)25(27(32)34-3)30(29-24)20-11-5-4-6-12-20/h4-15H,16H2,1-3H3. The molecule has 0 unspecified atom stereocenters. The van der Waals surface area contributed by atoms with Crippen LogP contribution in [0.25, 0.3) is 16.9 Å². The summed E-state index contributed by atoms with van der Waals surface area (Å²) in [4.78, 5) is 25.8. The number of ether oxygens (including phenoxy) is 3. The van der Waals surface area contributed by atoms with E-state index in [-0.39, 0.29) is 23.6 Å². The third kappa shape index (κ3) is 4.90. The molecule has 35 heavy (non-hydrogen) atoms. The summed E-state index contributed by atoms with van der Waals surface area (Å²) >= 11 is 6.33. The molecule has 7 nitrogen and oxygen atoms in total. The Morgan fingerprint density at radius 1 is 0.914 bits per heavy atom. The molecule has 0 atom stereocenters. The van der Waals surface area contributed by atoms with Crippen LogP contribution in [0.5, 0.6) is 5.75 Å². The molecule has 0 saturated heterocycles. The van der Waals surface area contributed by atoms with Crippen LogP contribution >= 0.6 is 11.6 Å². The molecular weight excluding hydrogens is 468 g/mol. The Bertz CT molecular complexity index is 1380. The number of hydrogen-bond donors (Lipinski definition) is 0. The number of methoxy groups -OCH3 is 2. The first kappa shape index (κ1) is 24.0. The largest absolute Gasteiger partial charge is 0.488 e. The minimum Gasteiger partial charge on any atom is -0.488 e. The van der Waals surface area contributed by atoms with Crippen LogP contribution in [0.4, 0.5) is 0 Å². The Kier molecular flexibility index (Phi) is 7.17. The lowest BCUT2D eigenvalue weighted by atomic mass is 10.0. The molecule has 0 amide bonds. The highest BCUT2D eigenvalue weighted by molar-refractivity contribution is 6.31. The number of hydrogen-bond acceptors (Lipinski definition) is 6. The summed E-state index contributed by atoms with van der Waals surface area (Å²) in [6, 6.07) is 21.9. The molecule has 0 bridgehead atoms. The quantitative estimate of drug-likeness (QED) is 0.311. The highest BCUT2D eigenvalue weighted by Crippen LogP contribution is 2.37. The molecule has 0 fully saturated rings. The summed E-state index contributed by atoms with van der Waals surface area (Å²) in [5.74, 6) is -1.04. The van der Waals surface area contributed by atoms with Crippen molar-refractivity contribution in [1.29, 1.82) is 0 Å². The molecule has 0 aliphatic heterocycles. The molecule has 0 aliphatic rings. The van der Waals surface area contributed by atoms with E-state index in [9.17, 15) is 9.59 Å². The Morgan fingerprint density at radius 3 is 2.29 bits per heavy atom. The summed E-state index contributed by atoms with van der Waals surface area (Å²) in [6.45, 7) is 2.29. The van der Waals surface area contributed by atoms with Crippen LogP contribution < -0.4 is 4.74 Å². The second-order valence-corrected chi connectivity index (χ2v) is 8.09. The maximum atomic E-state index is 13.0. The number of aryl methyl sites for hydroxylation is 1. The zero-order valence-corrected chi connectivity index (χ0v) is 20.2. The number of nitrogens with zero attached hydrogens (tertiary/aromatic N) is 2. The van der Waals surface area contributed by atoms with Gasteiger partial charge in [0.1, 0.15) is 23.6 Å². The molecule has 4 rings (SSSR count). The van der Waals surface area contributed by atoms with E-state index >= 15 is 0 Å². The number of para-hydroxylation sites is 1. The summed E-state index contributed by atoms with van der Waals surface area (Å²) in [5, 5.41) is 5.05. The lowest BCUT2D eigenvalue weighted by Gasteiger charge is -2.13. The Labute approximate surface area is 207 Å². The second kappa shape index (κ2) is 10.4. The van der Waals surface area contributed by atoms with E-state index in [0.717, 1.165) is 11.1 Å². The van der Waals surface area contributed by atoms with E-state index in [4.69, 9.17) is 25.8 Å². The van der Waals surface area contributed by atoms with Gasteiger partial charge in [-0.25, -0.2) is 14.3 Å². The molecule has 1 heterocycles. The molecule has 8 heteroatoms. The summed E-state index contributed by atoms with van der Waals surface area (Å²) in [6.07, 6.45) is 0. The predicted octanol–water partition coefficient (Wildman–Crippen LogP) is 5.65. The van der Waals surface area contributed by atoms with Crippen molar-refractivity contribution < 1.29 is 23.8 Å². The van der Waals surface area contributed by atoms with Gasteiger partial charge >= 0.3 is 11.9 Å². The molecule has 0 radical (unpaired) electrons. The molecule has 4 aromatic rings. The van der Waals surface area contributed by atoms with Crippen LogP contribution in [-0.4, -0.2) is 35.9 Å². The van der Waals surface area contributed by atoms with E-state index in [1.807, 2.05) is 37.3 Å². The van der Waals surface area contributed by atoms with Gasteiger partial charge in [0.25, 0.3) is 0 Å². The third-order valence-electron chi connectivity index (χ3n) is 5.50. The van der Waals surface area contributed by atoms with Crippen molar-refractivity contribution in [1.82, 2.24) is 9.78 Å². The minimum atomic E-state index is -0.743. The van der Waals surface area contributed by atoms with Gasteiger partial charge in [-0.05, 0) is 48.4 Å². The van der Waals surface area contributed by atoms with E-state index in [1.54, 1.807) is 42.5 Å². The molecule has 0 spiro atoms. The second-order valence-electron chi connectivity index (χ2n) is 7.66. The van der Waals surface area contributed by atoms with Crippen molar-refractivity contribution in [3.63, 3.8) is 0 Å². The summed E-state index contributed by atoms with van der Waals surface area (Å²) < 4.78 is 17.5. The molecule has 178 valence electrons. The Morgan fingerprint density at radius 2 is 1.60 bits per heavy atom. The maximum absolute atomic E-state index is 13.0. The van der Waals surface area contributed by atoms with Gasteiger partial charge < -0.3 is 14.2 Å². The van der Waals surface area contributed by atoms with Crippen LogP contribution in [0, 0.1) is 6.92 Å². The molecule has 0 saturated carbocycles. The number of rotatable bonds is 7. The summed E-state index contributed by atoms with van der Waals surface area (Å²) in [7, 11) is 2.47. The van der Waals surface area contributed by atoms with Gasteiger partial charge in [0.05, 0.1) is 19.9 Å². The van der Waals surface area contributed by atoms with Crippen molar-refractivity contribution in [2.24, 2.45) is 0 Å².